The first kappa shape index (κ1) is 13.1. The van der Waals surface area contributed by atoms with Crippen molar-refractivity contribution in [3.8, 4) is 0 Å². The molecule has 0 aromatic carbocycles. The van der Waals surface area contributed by atoms with Gasteiger partial charge in [-0.25, -0.2) is 4.98 Å². The molecule has 0 aliphatic rings. The Labute approximate surface area is 100 Å². The van der Waals surface area contributed by atoms with Gasteiger partial charge in [-0.1, -0.05) is 13.8 Å². The van der Waals surface area contributed by atoms with Gasteiger partial charge in [0.1, 0.15) is 5.82 Å². The number of aryl methyl sites for hydroxylation is 1. The Balaban J connectivity index is 2.30. The minimum Gasteiger partial charge on any atom is -0.349 e. The van der Waals surface area contributed by atoms with Crippen LogP contribution < -0.4 is 5.32 Å². The van der Waals surface area contributed by atoms with Gasteiger partial charge in [-0.15, -0.1) is 0 Å². The van der Waals surface area contributed by atoms with Gasteiger partial charge in [0.15, 0.2) is 0 Å². The second-order valence-corrected chi connectivity index (χ2v) is 4.18. The Morgan fingerprint density at radius 2 is 2.12 bits per heavy atom. The average Bonchev–Trinajstić information content (AvgIpc) is 2.71. The highest BCUT2D eigenvalue weighted by Gasteiger charge is 2.10. The average molecular weight is 242 g/mol. The van der Waals surface area contributed by atoms with E-state index in [-0.39, 0.29) is 5.91 Å². The first-order valence-electron chi connectivity index (χ1n) is 5.48. The molecule has 0 unspecified atom stereocenters. The zero-order chi connectivity index (χ0) is 12.0. The summed E-state index contributed by atoms with van der Waals surface area (Å²) in [5.74, 6) is 0.525. The van der Waals surface area contributed by atoms with E-state index in [1.54, 1.807) is 6.92 Å². The largest absolute Gasteiger partial charge is 0.349 e. The second kappa shape index (κ2) is 6.55. The number of hydrogen-bond acceptors (Lipinski definition) is 5. The first-order chi connectivity index (χ1) is 7.67. The van der Waals surface area contributed by atoms with Gasteiger partial charge in [-0.05, 0) is 31.5 Å². The highest BCUT2D eigenvalue weighted by atomic mass is 32.1. The van der Waals surface area contributed by atoms with Crippen LogP contribution in [-0.2, 0) is 0 Å². The standard InChI is InChI=1S/C10H18N4OS/c1-4-14(5-2)7-6-11-9(15)10-12-8(3)13-16-10/h4-7H2,1-3H3,(H,11,15). The molecule has 0 bridgehead atoms. The van der Waals surface area contributed by atoms with Gasteiger partial charge >= 0.3 is 0 Å². The predicted molar refractivity (Wildman–Crippen MR) is 64.8 cm³/mol. The Kier molecular flexibility index (Phi) is 5.34. The molecule has 1 amide bonds. The van der Waals surface area contributed by atoms with Gasteiger partial charge in [-0.2, -0.15) is 4.37 Å². The van der Waals surface area contributed by atoms with E-state index >= 15 is 0 Å². The van der Waals surface area contributed by atoms with Crippen LogP contribution in [0.4, 0.5) is 0 Å². The Morgan fingerprint density at radius 3 is 2.62 bits per heavy atom. The van der Waals surface area contributed by atoms with E-state index in [1.807, 2.05) is 0 Å². The van der Waals surface area contributed by atoms with E-state index in [4.69, 9.17) is 0 Å². The van der Waals surface area contributed by atoms with Crippen LogP contribution in [0.5, 0.6) is 0 Å². The lowest BCUT2D eigenvalue weighted by Gasteiger charge is -2.17. The maximum absolute atomic E-state index is 11.6. The van der Waals surface area contributed by atoms with Crippen LogP contribution in [0.25, 0.3) is 0 Å². The summed E-state index contributed by atoms with van der Waals surface area (Å²) < 4.78 is 3.97. The highest BCUT2D eigenvalue weighted by molar-refractivity contribution is 7.07. The normalized spacial score (nSPS) is 10.8. The van der Waals surface area contributed by atoms with E-state index in [0.29, 0.717) is 17.4 Å². The number of nitrogens with zero attached hydrogens (tertiary/aromatic N) is 3. The molecule has 1 aromatic rings. The van der Waals surface area contributed by atoms with Gasteiger partial charge in [0.05, 0.1) is 0 Å². The SMILES string of the molecule is CCN(CC)CCNC(=O)c1nc(C)ns1. The number of aromatic nitrogens is 2. The molecule has 16 heavy (non-hydrogen) atoms. The maximum Gasteiger partial charge on any atom is 0.281 e. The number of carbonyl (C=O) groups is 1. The third kappa shape index (κ3) is 3.86. The number of nitrogens with one attached hydrogen (secondary N) is 1. The molecule has 90 valence electrons. The van der Waals surface area contributed by atoms with E-state index < -0.39 is 0 Å². The lowest BCUT2D eigenvalue weighted by molar-refractivity contribution is 0.0948. The van der Waals surface area contributed by atoms with Crippen molar-refractivity contribution in [3.05, 3.63) is 10.8 Å². The van der Waals surface area contributed by atoms with Crippen molar-refractivity contribution in [2.24, 2.45) is 0 Å². The second-order valence-electron chi connectivity index (χ2n) is 3.43. The smallest absolute Gasteiger partial charge is 0.281 e. The van der Waals surface area contributed by atoms with Gasteiger partial charge in [0.25, 0.3) is 5.91 Å². The summed E-state index contributed by atoms with van der Waals surface area (Å²) in [7, 11) is 0. The van der Waals surface area contributed by atoms with Crippen LogP contribution >= 0.6 is 11.5 Å². The van der Waals surface area contributed by atoms with Crippen molar-refractivity contribution in [2.75, 3.05) is 26.2 Å². The summed E-state index contributed by atoms with van der Waals surface area (Å²) in [6.07, 6.45) is 0. The summed E-state index contributed by atoms with van der Waals surface area (Å²) >= 11 is 1.14. The van der Waals surface area contributed by atoms with Crippen LogP contribution in [0.1, 0.15) is 29.5 Å². The third-order valence-electron chi connectivity index (χ3n) is 2.33. The molecule has 5 nitrogen and oxygen atoms in total. The maximum atomic E-state index is 11.6. The monoisotopic (exact) mass is 242 g/mol. The van der Waals surface area contributed by atoms with Gasteiger partial charge in [0, 0.05) is 13.1 Å². The molecular weight excluding hydrogens is 224 g/mol. The fourth-order valence-electron chi connectivity index (χ4n) is 1.33. The fourth-order valence-corrected chi connectivity index (χ4v) is 1.92. The number of rotatable bonds is 6. The molecule has 0 atom stereocenters. The molecule has 0 saturated heterocycles. The minimum absolute atomic E-state index is 0.127. The zero-order valence-corrected chi connectivity index (χ0v) is 10.8. The van der Waals surface area contributed by atoms with Crippen molar-refractivity contribution in [1.82, 2.24) is 19.6 Å². The molecule has 1 heterocycles. The molecule has 0 saturated carbocycles. The topological polar surface area (TPSA) is 58.1 Å². The van der Waals surface area contributed by atoms with E-state index in [9.17, 15) is 4.79 Å². The third-order valence-corrected chi connectivity index (χ3v) is 3.13. The fraction of sp³-hybridized carbons (Fsp3) is 0.700. The van der Waals surface area contributed by atoms with Crippen molar-refractivity contribution >= 4 is 17.4 Å². The first-order valence-corrected chi connectivity index (χ1v) is 6.25. The summed E-state index contributed by atoms with van der Waals surface area (Å²) in [6, 6.07) is 0. The predicted octanol–water partition coefficient (Wildman–Crippen LogP) is 0.918. The van der Waals surface area contributed by atoms with Crippen LogP contribution in [0.15, 0.2) is 0 Å². The number of hydrogen-bond donors (Lipinski definition) is 1. The summed E-state index contributed by atoms with van der Waals surface area (Å²) in [5.41, 5.74) is 0. The molecule has 1 N–H and O–H groups in total. The minimum atomic E-state index is -0.127. The summed E-state index contributed by atoms with van der Waals surface area (Å²) in [5, 5.41) is 3.28. The number of carbonyl (C=O) groups excluding carboxylic acids is 1. The van der Waals surface area contributed by atoms with Gasteiger partial charge < -0.3 is 10.2 Å². The van der Waals surface area contributed by atoms with Crippen molar-refractivity contribution in [1.29, 1.82) is 0 Å². The molecule has 0 spiro atoms. The van der Waals surface area contributed by atoms with Crippen molar-refractivity contribution in [3.63, 3.8) is 0 Å². The Bertz CT molecular complexity index is 335. The molecule has 0 fully saturated rings. The number of amides is 1. The van der Waals surface area contributed by atoms with Crippen LogP contribution in [-0.4, -0.2) is 46.3 Å². The quantitative estimate of drug-likeness (QED) is 0.806. The molecule has 0 aliphatic heterocycles. The summed E-state index contributed by atoms with van der Waals surface area (Å²) in [4.78, 5) is 17.9. The lowest BCUT2D eigenvalue weighted by Crippen LogP contribution is -2.34. The van der Waals surface area contributed by atoms with Crippen LogP contribution in [0, 0.1) is 6.92 Å². The van der Waals surface area contributed by atoms with Crippen LogP contribution in [0.3, 0.4) is 0 Å². The molecular formula is C10H18N4OS. The highest BCUT2D eigenvalue weighted by Crippen LogP contribution is 2.02. The Morgan fingerprint density at radius 1 is 1.44 bits per heavy atom. The van der Waals surface area contributed by atoms with Crippen molar-refractivity contribution in [2.45, 2.75) is 20.8 Å². The lowest BCUT2D eigenvalue weighted by atomic mass is 10.4. The van der Waals surface area contributed by atoms with E-state index in [2.05, 4.69) is 33.4 Å². The number of likely N-dealkylation sites (N-methyl/N-ethyl adjacent to an activating group) is 1. The zero-order valence-electron chi connectivity index (χ0n) is 9.99. The molecule has 1 rings (SSSR count). The molecule has 0 radical (unpaired) electrons. The Hall–Kier alpha value is -1.01. The summed E-state index contributed by atoms with van der Waals surface area (Å²) in [6.45, 7) is 9.53. The van der Waals surface area contributed by atoms with Gasteiger partial charge in [-0.3, -0.25) is 4.79 Å². The van der Waals surface area contributed by atoms with Gasteiger partial charge in [0.2, 0.25) is 5.01 Å². The molecule has 1 aromatic heterocycles. The van der Waals surface area contributed by atoms with E-state index in [1.165, 1.54) is 0 Å². The van der Waals surface area contributed by atoms with E-state index in [0.717, 1.165) is 31.2 Å². The molecule has 6 heteroatoms. The molecule has 0 aliphatic carbocycles. The van der Waals surface area contributed by atoms with Crippen LogP contribution in [0.2, 0.25) is 0 Å². The van der Waals surface area contributed by atoms with Crippen molar-refractivity contribution < 1.29 is 4.79 Å².